The molecule has 5 heteroatoms. The van der Waals surface area contributed by atoms with Crippen molar-refractivity contribution >= 4 is 53.2 Å². The molecule has 0 atom stereocenters. The molecule has 0 aliphatic carbocycles. The van der Waals surface area contributed by atoms with E-state index in [1.54, 1.807) is 0 Å². The number of hydrogen-bond acceptors (Lipinski definition) is 4. The first-order chi connectivity index (χ1) is 31.2. The third-order valence-corrected chi connectivity index (χ3v) is 13.3. The van der Waals surface area contributed by atoms with Crippen LogP contribution < -0.4 is 0 Å². The molecule has 4 aromatic rings. The molecule has 5 aliphatic rings. The maximum absolute atomic E-state index is 5.64. The van der Waals surface area contributed by atoms with Gasteiger partial charge in [0.25, 0.3) is 0 Å². The van der Waals surface area contributed by atoms with E-state index in [0.29, 0.717) is 0 Å². The molecule has 9 rings (SSSR count). The van der Waals surface area contributed by atoms with E-state index in [2.05, 4.69) is 239 Å². The molecule has 66 heavy (non-hydrogen) atoms. The van der Waals surface area contributed by atoms with Crippen molar-refractivity contribution in [3.63, 3.8) is 0 Å². The second kappa shape index (κ2) is 16.6. The summed E-state index contributed by atoms with van der Waals surface area (Å²) in [5, 5.41) is 0. The summed E-state index contributed by atoms with van der Waals surface area (Å²) in [6.45, 7) is 27.3. The van der Waals surface area contributed by atoms with Crippen LogP contribution in [0.5, 0.6) is 0 Å². The first-order valence-electron chi connectivity index (χ1n) is 23.2. The Labute approximate surface area is 394 Å². The van der Waals surface area contributed by atoms with Crippen LogP contribution in [-0.4, -0.2) is 30.9 Å². The van der Waals surface area contributed by atoms with Crippen molar-refractivity contribution in [1.29, 1.82) is 0 Å². The molecular weight excluding hydrogens is 817 g/mol. The fraction of sp³-hybridized carbons (Fsp3) is 0.246. The van der Waals surface area contributed by atoms with E-state index in [-0.39, 0.29) is 16.2 Å². The van der Waals surface area contributed by atoms with Crippen LogP contribution >= 0.6 is 0 Å². The van der Waals surface area contributed by atoms with Gasteiger partial charge < -0.3 is 0 Å². The molecule has 5 aliphatic heterocycles. The molecule has 4 aromatic carbocycles. The van der Waals surface area contributed by atoms with Crippen LogP contribution in [0.2, 0.25) is 19.6 Å². The van der Waals surface area contributed by atoms with Gasteiger partial charge in [0.2, 0.25) is 0 Å². The van der Waals surface area contributed by atoms with Crippen LogP contribution in [-0.2, 0) is 16.2 Å². The van der Waals surface area contributed by atoms with Crippen LogP contribution in [0.3, 0.4) is 0 Å². The zero-order valence-electron chi connectivity index (χ0n) is 40.6. The Balaban J connectivity index is 1.40. The first-order valence-corrected chi connectivity index (χ1v) is 26.7. The second-order valence-electron chi connectivity index (χ2n) is 21.8. The molecule has 0 spiro atoms. The van der Waals surface area contributed by atoms with E-state index in [0.717, 1.165) is 95.7 Å². The molecule has 5 heterocycles. The summed E-state index contributed by atoms with van der Waals surface area (Å²) < 4.78 is 0. The molecule has 0 radical (unpaired) electrons. The summed E-state index contributed by atoms with van der Waals surface area (Å²) >= 11 is 0. The van der Waals surface area contributed by atoms with E-state index in [4.69, 9.17) is 20.0 Å². The van der Waals surface area contributed by atoms with Gasteiger partial charge in [-0.25, -0.2) is 20.0 Å². The van der Waals surface area contributed by atoms with Gasteiger partial charge in [0, 0.05) is 27.9 Å². The summed E-state index contributed by atoms with van der Waals surface area (Å²) in [4.78, 5) is 22.5. The van der Waals surface area contributed by atoms with Gasteiger partial charge in [-0.1, -0.05) is 173 Å². The molecule has 0 unspecified atom stereocenters. The van der Waals surface area contributed by atoms with E-state index in [9.17, 15) is 0 Å². The average molecular weight is 877 g/mol. The van der Waals surface area contributed by atoms with Gasteiger partial charge in [-0.2, -0.15) is 0 Å². The number of nitrogens with zero attached hydrogens (tertiary/aromatic N) is 4. The molecule has 0 amide bonds. The Morgan fingerprint density at radius 3 is 0.985 bits per heavy atom. The van der Waals surface area contributed by atoms with Crippen molar-refractivity contribution in [2.24, 2.45) is 20.0 Å². The standard InChI is InChI=1S/C61H60N4Si/c1-59(2,3)44-22-16-13-19-41(44)56-49-31-29-47(62-49)55(40-27-25-39(26-28-40)37-38-66(10,11)12)48-30-32-50(63-48)57(42-20-14-17-23-45(42)60(4,5)6)52-34-36-54(65-52)58(53-35-33-51(56)64-53)43-21-15-18-24-46(43)61(7,8)9/h13-36H,1-12H3. The van der Waals surface area contributed by atoms with E-state index >= 15 is 0 Å². The maximum Gasteiger partial charge on any atom is 0.129 e. The van der Waals surface area contributed by atoms with Crippen molar-refractivity contribution in [3.05, 3.63) is 213 Å². The Morgan fingerprint density at radius 1 is 0.364 bits per heavy atom. The van der Waals surface area contributed by atoms with E-state index in [1.807, 2.05) is 0 Å². The minimum absolute atomic E-state index is 0.142. The van der Waals surface area contributed by atoms with Gasteiger partial charge in [0.15, 0.2) is 0 Å². The fourth-order valence-corrected chi connectivity index (χ4v) is 9.78. The second-order valence-corrected chi connectivity index (χ2v) is 26.6. The molecule has 4 nitrogen and oxygen atoms in total. The topological polar surface area (TPSA) is 49.4 Å². The van der Waals surface area contributed by atoms with Crippen molar-refractivity contribution in [1.82, 2.24) is 0 Å². The molecule has 0 saturated carbocycles. The monoisotopic (exact) mass is 876 g/mol. The number of hydrogen-bond donors (Lipinski definition) is 0. The third-order valence-electron chi connectivity index (χ3n) is 12.4. The van der Waals surface area contributed by atoms with E-state index < -0.39 is 8.07 Å². The van der Waals surface area contributed by atoms with Gasteiger partial charge in [0.1, 0.15) is 8.07 Å². The summed E-state index contributed by atoms with van der Waals surface area (Å²) in [7, 11) is -1.57. The Kier molecular flexibility index (Phi) is 11.2. The quantitative estimate of drug-likeness (QED) is 0.145. The largest absolute Gasteiger partial charge is 0.248 e. The van der Waals surface area contributed by atoms with Gasteiger partial charge in [-0.3, -0.25) is 0 Å². The van der Waals surface area contributed by atoms with Gasteiger partial charge >= 0.3 is 0 Å². The Hall–Kier alpha value is -6.74. The zero-order valence-corrected chi connectivity index (χ0v) is 41.6. The van der Waals surface area contributed by atoms with Gasteiger partial charge in [0.05, 0.1) is 45.6 Å². The average Bonchev–Trinajstić information content (AvgIpc) is 4.11. The number of rotatable bonds is 4. The lowest BCUT2D eigenvalue weighted by molar-refractivity contribution is 0.588. The number of aliphatic imine (C=N–C) groups is 4. The molecule has 328 valence electrons. The van der Waals surface area contributed by atoms with Crippen LogP contribution in [0.15, 0.2) is 188 Å². The highest BCUT2D eigenvalue weighted by Gasteiger charge is 2.32. The lowest BCUT2D eigenvalue weighted by Gasteiger charge is -2.25. The minimum Gasteiger partial charge on any atom is -0.248 e. The molecule has 0 aromatic heterocycles. The lowest BCUT2D eigenvalue weighted by Crippen LogP contribution is -2.16. The first kappa shape index (κ1) is 44.5. The normalized spacial score (nSPS) is 17.2. The maximum atomic E-state index is 5.64. The SMILES string of the molecule is CC(C)(C)c1ccccc1C1=C2C=CC(=N2)C(c2ccc(C#C[Si](C)(C)C)cc2)=C2C=CC(=N2)C(c2ccccc2C(C)(C)C)=C2C=CC(=N2)C(c2ccccc2C(C)(C)C)=C2C=CC1=N2. The summed E-state index contributed by atoms with van der Waals surface area (Å²) in [6.07, 6.45) is 17.3. The van der Waals surface area contributed by atoms with Gasteiger partial charge in [-0.05, 0) is 116 Å². The lowest BCUT2D eigenvalue weighted by atomic mass is 9.80. The van der Waals surface area contributed by atoms with Crippen molar-refractivity contribution in [2.75, 3.05) is 0 Å². The molecule has 0 saturated heterocycles. The highest BCUT2D eigenvalue weighted by atomic mass is 28.3. The fourth-order valence-electron chi connectivity index (χ4n) is 9.26. The Morgan fingerprint density at radius 2 is 0.667 bits per heavy atom. The smallest absolute Gasteiger partial charge is 0.129 e. The van der Waals surface area contributed by atoms with Crippen LogP contribution in [0.4, 0.5) is 0 Å². The number of benzene rings is 4. The Bertz CT molecular complexity index is 3120. The molecule has 8 bridgehead atoms. The number of fused-ring (bicyclic) bond motifs is 4. The van der Waals surface area contributed by atoms with Crippen molar-refractivity contribution < 1.29 is 0 Å². The van der Waals surface area contributed by atoms with Crippen LogP contribution in [0.25, 0.3) is 22.3 Å². The highest BCUT2D eigenvalue weighted by Crippen LogP contribution is 2.43. The van der Waals surface area contributed by atoms with Crippen LogP contribution in [0, 0.1) is 11.5 Å². The predicted octanol–water partition coefficient (Wildman–Crippen LogP) is 14.8. The summed E-state index contributed by atoms with van der Waals surface area (Å²) in [6, 6.07) is 34.8. The molecule has 0 fully saturated rings. The summed E-state index contributed by atoms with van der Waals surface area (Å²) in [5.74, 6) is 3.45. The third kappa shape index (κ3) is 8.71. The highest BCUT2D eigenvalue weighted by molar-refractivity contribution is 6.83. The molecule has 0 N–H and O–H groups in total. The van der Waals surface area contributed by atoms with Crippen molar-refractivity contribution in [3.8, 4) is 11.5 Å². The van der Waals surface area contributed by atoms with Crippen molar-refractivity contribution in [2.45, 2.75) is 98.2 Å². The zero-order chi connectivity index (χ0) is 46.8. The molecular formula is C61H60N4Si. The summed E-state index contributed by atoms with van der Waals surface area (Å²) in [5.41, 5.74) is 23.0. The van der Waals surface area contributed by atoms with E-state index in [1.165, 1.54) is 16.7 Å². The number of allylic oxidation sites excluding steroid dienone is 12. The van der Waals surface area contributed by atoms with Gasteiger partial charge in [-0.15, -0.1) is 5.54 Å². The van der Waals surface area contributed by atoms with Crippen LogP contribution in [0.1, 0.15) is 107 Å². The predicted molar refractivity (Wildman–Crippen MR) is 286 cm³/mol. The minimum atomic E-state index is -1.57.